The van der Waals surface area contributed by atoms with Crippen LogP contribution >= 0.6 is 0 Å². The molecule has 2 aliphatic rings. The lowest BCUT2D eigenvalue weighted by molar-refractivity contribution is -0.130. The minimum Gasteiger partial charge on any atom is -0.377 e. The summed E-state index contributed by atoms with van der Waals surface area (Å²) in [5.74, 6) is 0.0978. The number of hydrogen-bond acceptors (Lipinski definition) is 4. The quantitative estimate of drug-likeness (QED) is 0.819. The van der Waals surface area contributed by atoms with Gasteiger partial charge in [-0.25, -0.2) is 0 Å². The second kappa shape index (κ2) is 9.08. The summed E-state index contributed by atoms with van der Waals surface area (Å²) >= 11 is 0. The van der Waals surface area contributed by atoms with Crippen LogP contribution in [0.1, 0.15) is 24.0 Å². The summed E-state index contributed by atoms with van der Waals surface area (Å²) in [6.07, 6.45) is 1.53. The highest BCUT2D eigenvalue weighted by molar-refractivity contribution is 5.88. The Morgan fingerprint density at radius 1 is 1.07 bits per heavy atom. The zero-order valence-corrected chi connectivity index (χ0v) is 17.0. The first-order chi connectivity index (χ1) is 14.2. The minimum absolute atomic E-state index is 0.0788. The molecule has 5 heteroatoms. The average Bonchev–Trinajstić information content (AvgIpc) is 3.23. The van der Waals surface area contributed by atoms with Crippen molar-refractivity contribution in [3.05, 3.63) is 71.8 Å². The van der Waals surface area contributed by atoms with E-state index in [-0.39, 0.29) is 18.1 Å². The Bertz CT molecular complexity index is 788. The molecule has 0 unspecified atom stereocenters. The van der Waals surface area contributed by atoms with Gasteiger partial charge in [-0.15, -0.1) is 0 Å². The van der Waals surface area contributed by atoms with Crippen molar-refractivity contribution in [2.75, 3.05) is 33.4 Å². The van der Waals surface area contributed by atoms with Crippen LogP contribution < -0.4 is 5.32 Å². The van der Waals surface area contributed by atoms with Crippen molar-refractivity contribution in [2.24, 2.45) is 0 Å². The molecule has 2 fully saturated rings. The normalized spacial score (nSPS) is 24.3. The summed E-state index contributed by atoms with van der Waals surface area (Å²) in [7, 11) is 1.67. The maximum atomic E-state index is 13.6. The molecule has 2 heterocycles. The molecular weight excluding hydrogens is 364 g/mol. The molecule has 2 aromatic rings. The van der Waals surface area contributed by atoms with Gasteiger partial charge in [-0.2, -0.15) is 0 Å². The second-order valence-corrected chi connectivity index (χ2v) is 8.10. The lowest BCUT2D eigenvalue weighted by atomic mass is 9.71. The van der Waals surface area contributed by atoms with E-state index in [2.05, 4.69) is 46.6 Å². The lowest BCUT2D eigenvalue weighted by Crippen LogP contribution is -2.55. The van der Waals surface area contributed by atoms with Crippen LogP contribution in [0.5, 0.6) is 0 Å². The van der Waals surface area contributed by atoms with Crippen LogP contribution in [0.4, 0.5) is 0 Å². The Labute approximate surface area is 173 Å². The van der Waals surface area contributed by atoms with Crippen molar-refractivity contribution in [3.63, 3.8) is 0 Å². The van der Waals surface area contributed by atoms with E-state index in [9.17, 15) is 4.79 Å². The molecule has 0 bridgehead atoms. The Morgan fingerprint density at radius 3 is 2.38 bits per heavy atom. The molecule has 29 heavy (non-hydrogen) atoms. The standard InChI is InChI=1S/C24H30N2O3/c1-28-22-18-29-17-21(22)25-23(27)24(20-10-6-3-7-11-20)12-14-26(15-13-24)16-19-8-4-2-5-9-19/h2-11,21-22H,12-18H2,1H3,(H,25,27)/t21-,22-/m0/s1. The first kappa shape index (κ1) is 20.1. The Morgan fingerprint density at radius 2 is 1.72 bits per heavy atom. The summed E-state index contributed by atoms with van der Waals surface area (Å²) in [5, 5.41) is 3.25. The van der Waals surface area contributed by atoms with Crippen molar-refractivity contribution in [2.45, 2.75) is 36.9 Å². The van der Waals surface area contributed by atoms with Crippen LogP contribution in [-0.2, 0) is 26.2 Å². The molecule has 154 valence electrons. The summed E-state index contributed by atoms with van der Waals surface area (Å²) in [4.78, 5) is 16.0. The molecule has 1 amide bonds. The van der Waals surface area contributed by atoms with Crippen LogP contribution in [0.15, 0.2) is 60.7 Å². The van der Waals surface area contributed by atoms with Gasteiger partial charge in [0.1, 0.15) is 6.10 Å². The number of carbonyl (C=O) groups excluding carboxylic acids is 1. The molecule has 0 radical (unpaired) electrons. The largest absolute Gasteiger partial charge is 0.377 e. The number of nitrogens with zero attached hydrogens (tertiary/aromatic N) is 1. The summed E-state index contributed by atoms with van der Waals surface area (Å²) in [6.45, 7) is 3.76. The number of ether oxygens (including phenoxy) is 2. The van der Waals surface area contributed by atoms with Crippen molar-refractivity contribution in [3.8, 4) is 0 Å². The number of benzene rings is 2. The maximum Gasteiger partial charge on any atom is 0.231 e. The molecule has 0 spiro atoms. The van der Waals surface area contributed by atoms with Gasteiger partial charge in [-0.1, -0.05) is 60.7 Å². The van der Waals surface area contributed by atoms with E-state index in [4.69, 9.17) is 9.47 Å². The predicted octanol–water partition coefficient (Wildman–Crippen LogP) is 2.75. The van der Waals surface area contributed by atoms with Gasteiger partial charge in [0.2, 0.25) is 5.91 Å². The number of likely N-dealkylation sites (tertiary alicyclic amines) is 1. The number of amides is 1. The van der Waals surface area contributed by atoms with E-state index in [0.717, 1.165) is 38.0 Å². The van der Waals surface area contributed by atoms with Crippen LogP contribution in [0.2, 0.25) is 0 Å². The average molecular weight is 395 g/mol. The maximum absolute atomic E-state index is 13.6. The van der Waals surface area contributed by atoms with Gasteiger partial charge in [0.25, 0.3) is 0 Å². The van der Waals surface area contributed by atoms with E-state index in [1.807, 2.05) is 24.3 Å². The molecular formula is C24H30N2O3. The van der Waals surface area contributed by atoms with Crippen LogP contribution in [-0.4, -0.2) is 56.4 Å². The SMILES string of the molecule is CO[C@H]1COC[C@@H]1NC(=O)C1(c2ccccc2)CCN(Cc2ccccc2)CC1. The highest BCUT2D eigenvalue weighted by atomic mass is 16.5. The zero-order chi connectivity index (χ0) is 20.1. The van der Waals surface area contributed by atoms with E-state index in [1.54, 1.807) is 7.11 Å². The monoisotopic (exact) mass is 394 g/mol. The van der Waals surface area contributed by atoms with Crippen molar-refractivity contribution < 1.29 is 14.3 Å². The zero-order valence-electron chi connectivity index (χ0n) is 17.0. The van der Waals surface area contributed by atoms with Gasteiger partial charge in [0.05, 0.1) is 24.7 Å². The Hall–Kier alpha value is -2.21. The number of piperidine rings is 1. The highest BCUT2D eigenvalue weighted by Gasteiger charge is 2.44. The van der Waals surface area contributed by atoms with E-state index in [0.29, 0.717) is 13.2 Å². The molecule has 0 aromatic heterocycles. The fraction of sp³-hybridized carbons (Fsp3) is 0.458. The van der Waals surface area contributed by atoms with E-state index < -0.39 is 5.41 Å². The van der Waals surface area contributed by atoms with Crippen molar-refractivity contribution >= 4 is 5.91 Å². The Kier molecular flexibility index (Phi) is 6.28. The highest BCUT2D eigenvalue weighted by Crippen LogP contribution is 2.36. The van der Waals surface area contributed by atoms with Crippen LogP contribution in [0.25, 0.3) is 0 Å². The summed E-state index contributed by atoms with van der Waals surface area (Å²) < 4.78 is 11.0. The van der Waals surface area contributed by atoms with Gasteiger partial charge in [0.15, 0.2) is 0 Å². The van der Waals surface area contributed by atoms with Crippen LogP contribution in [0, 0.1) is 0 Å². The first-order valence-corrected chi connectivity index (χ1v) is 10.4. The predicted molar refractivity (Wildman–Crippen MR) is 113 cm³/mol. The van der Waals surface area contributed by atoms with Crippen LogP contribution in [0.3, 0.4) is 0 Å². The van der Waals surface area contributed by atoms with Gasteiger partial charge in [0, 0.05) is 13.7 Å². The number of methoxy groups -OCH3 is 1. The number of rotatable bonds is 6. The third kappa shape index (κ3) is 4.37. The minimum atomic E-state index is -0.505. The molecule has 2 atom stereocenters. The smallest absolute Gasteiger partial charge is 0.231 e. The number of carbonyl (C=O) groups is 1. The fourth-order valence-electron chi connectivity index (χ4n) is 4.55. The molecule has 0 aliphatic carbocycles. The summed E-state index contributed by atoms with van der Waals surface area (Å²) in [5.41, 5.74) is 1.91. The number of hydrogen-bond donors (Lipinski definition) is 1. The molecule has 4 rings (SSSR count). The van der Waals surface area contributed by atoms with E-state index in [1.165, 1.54) is 5.56 Å². The molecule has 2 saturated heterocycles. The molecule has 2 aliphatic heterocycles. The van der Waals surface area contributed by atoms with Crippen molar-refractivity contribution in [1.29, 1.82) is 0 Å². The fourth-order valence-corrected chi connectivity index (χ4v) is 4.55. The second-order valence-electron chi connectivity index (χ2n) is 8.10. The van der Waals surface area contributed by atoms with Gasteiger partial charge >= 0.3 is 0 Å². The molecule has 1 N–H and O–H groups in total. The lowest BCUT2D eigenvalue weighted by Gasteiger charge is -2.41. The topological polar surface area (TPSA) is 50.8 Å². The third-order valence-electron chi connectivity index (χ3n) is 6.37. The molecule has 2 aromatic carbocycles. The third-order valence-corrected chi connectivity index (χ3v) is 6.37. The number of nitrogens with one attached hydrogen (secondary N) is 1. The Balaban J connectivity index is 1.50. The molecule has 5 nitrogen and oxygen atoms in total. The first-order valence-electron chi connectivity index (χ1n) is 10.4. The molecule has 0 saturated carbocycles. The van der Waals surface area contributed by atoms with Gasteiger partial charge in [-0.3, -0.25) is 9.69 Å². The van der Waals surface area contributed by atoms with E-state index >= 15 is 0 Å². The van der Waals surface area contributed by atoms with Gasteiger partial charge < -0.3 is 14.8 Å². The van der Waals surface area contributed by atoms with Crippen molar-refractivity contribution in [1.82, 2.24) is 10.2 Å². The summed E-state index contributed by atoms with van der Waals surface area (Å²) in [6, 6.07) is 20.7. The van der Waals surface area contributed by atoms with Gasteiger partial charge in [-0.05, 0) is 37.1 Å².